The first-order chi connectivity index (χ1) is 15.6. The monoisotopic (exact) mass is 436 g/mol. The average Bonchev–Trinajstić information content (AvgIpc) is 2.84. The molecule has 1 aliphatic rings. The summed E-state index contributed by atoms with van der Waals surface area (Å²) in [5.41, 5.74) is 1.40. The van der Waals surface area contributed by atoms with Gasteiger partial charge in [-0.15, -0.1) is 0 Å². The van der Waals surface area contributed by atoms with Gasteiger partial charge in [0.05, 0.1) is 20.1 Å². The second-order valence-electron chi connectivity index (χ2n) is 7.59. The topological polar surface area (TPSA) is 76.6 Å². The summed E-state index contributed by atoms with van der Waals surface area (Å²) in [6, 6.07) is 13.2. The number of hydrogen-bond acceptors (Lipinski definition) is 6. The number of carbonyl (C=O) groups is 1. The highest BCUT2D eigenvalue weighted by atomic mass is 19.1. The maximum Gasteiger partial charge on any atom is 0.229 e. The van der Waals surface area contributed by atoms with Gasteiger partial charge in [-0.3, -0.25) is 4.79 Å². The number of rotatable bonds is 6. The molecule has 4 rings (SSSR count). The maximum atomic E-state index is 13.2. The lowest BCUT2D eigenvalue weighted by molar-refractivity contribution is -0.120. The number of carbonyl (C=O) groups excluding carboxylic acids is 1. The first kappa shape index (κ1) is 21.5. The lowest BCUT2D eigenvalue weighted by Crippen LogP contribution is -2.41. The Kier molecular flexibility index (Phi) is 6.49. The van der Waals surface area contributed by atoms with Crippen LogP contribution in [0.15, 0.2) is 54.7 Å². The number of aromatic nitrogens is 2. The number of benzene rings is 2. The van der Waals surface area contributed by atoms with E-state index in [9.17, 15) is 9.18 Å². The van der Waals surface area contributed by atoms with Crippen LogP contribution in [0.25, 0.3) is 11.4 Å². The first-order valence-corrected chi connectivity index (χ1v) is 10.4. The Morgan fingerprint density at radius 1 is 1.09 bits per heavy atom. The van der Waals surface area contributed by atoms with Gasteiger partial charge >= 0.3 is 0 Å². The van der Waals surface area contributed by atoms with Crippen molar-refractivity contribution in [1.29, 1.82) is 0 Å². The number of nitrogens with one attached hydrogen (secondary N) is 1. The van der Waals surface area contributed by atoms with E-state index < -0.39 is 0 Å². The minimum atomic E-state index is -0.302. The minimum absolute atomic E-state index is 0.0465. The van der Waals surface area contributed by atoms with Crippen molar-refractivity contribution in [3.63, 3.8) is 0 Å². The number of nitrogens with zero attached hydrogens (tertiary/aromatic N) is 3. The third kappa shape index (κ3) is 4.80. The molecule has 0 bridgehead atoms. The van der Waals surface area contributed by atoms with E-state index >= 15 is 0 Å². The van der Waals surface area contributed by atoms with Crippen LogP contribution in [0.1, 0.15) is 12.8 Å². The molecule has 1 fully saturated rings. The lowest BCUT2D eigenvalue weighted by atomic mass is 9.97. The van der Waals surface area contributed by atoms with E-state index in [0.29, 0.717) is 29.6 Å². The van der Waals surface area contributed by atoms with Crippen LogP contribution in [0.3, 0.4) is 0 Å². The van der Waals surface area contributed by atoms with Crippen molar-refractivity contribution in [3.8, 4) is 22.9 Å². The highest BCUT2D eigenvalue weighted by Crippen LogP contribution is 2.30. The third-order valence-electron chi connectivity index (χ3n) is 5.51. The van der Waals surface area contributed by atoms with Gasteiger partial charge < -0.3 is 19.7 Å². The van der Waals surface area contributed by atoms with Gasteiger partial charge in [0.2, 0.25) is 5.91 Å². The van der Waals surface area contributed by atoms with Gasteiger partial charge in [-0.25, -0.2) is 14.4 Å². The number of hydrogen-bond donors (Lipinski definition) is 1. The Labute approximate surface area is 186 Å². The zero-order chi connectivity index (χ0) is 22.5. The van der Waals surface area contributed by atoms with Crippen LogP contribution in [0.2, 0.25) is 0 Å². The Bertz CT molecular complexity index is 1090. The average molecular weight is 436 g/mol. The molecule has 2 heterocycles. The molecule has 8 heteroatoms. The van der Waals surface area contributed by atoms with E-state index in [1.807, 2.05) is 6.07 Å². The summed E-state index contributed by atoms with van der Waals surface area (Å²) in [7, 11) is 3.13. The van der Waals surface area contributed by atoms with Crippen molar-refractivity contribution in [2.75, 3.05) is 37.5 Å². The van der Waals surface area contributed by atoms with E-state index in [1.165, 1.54) is 12.1 Å². The number of piperidine rings is 1. The molecule has 1 aliphatic heterocycles. The summed E-state index contributed by atoms with van der Waals surface area (Å²) in [6.07, 6.45) is 3.36. The van der Waals surface area contributed by atoms with Crippen LogP contribution in [-0.2, 0) is 4.79 Å². The molecule has 0 saturated carbocycles. The van der Waals surface area contributed by atoms with Crippen LogP contribution in [0.5, 0.6) is 11.5 Å². The SMILES string of the molecule is COc1ccc(NC(=O)[C@@H]2CCCN(c3ccnc(-c4ccc(F)cc4)n3)C2)cc1OC. The standard InChI is InChI=1S/C24H25FN4O3/c1-31-20-10-9-19(14-21(20)32-2)27-24(30)17-4-3-13-29(15-17)22-11-12-26-23(28-22)16-5-7-18(25)8-6-16/h5-12,14,17H,3-4,13,15H2,1-2H3,(H,27,30)/t17-/m1/s1. The number of anilines is 2. The summed E-state index contributed by atoms with van der Waals surface area (Å²) in [5, 5.41) is 2.98. The summed E-state index contributed by atoms with van der Waals surface area (Å²) in [6.45, 7) is 1.36. The van der Waals surface area contributed by atoms with Crippen molar-refractivity contribution < 1.29 is 18.7 Å². The molecule has 2 aromatic carbocycles. The van der Waals surface area contributed by atoms with Crippen molar-refractivity contribution in [2.45, 2.75) is 12.8 Å². The molecule has 0 aliphatic carbocycles. The first-order valence-electron chi connectivity index (χ1n) is 10.4. The molecule has 1 amide bonds. The maximum absolute atomic E-state index is 13.2. The van der Waals surface area contributed by atoms with Crippen LogP contribution in [-0.4, -0.2) is 43.2 Å². The molecule has 0 spiro atoms. The Balaban J connectivity index is 1.46. The highest BCUT2D eigenvalue weighted by Gasteiger charge is 2.27. The molecular weight excluding hydrogens is 411 g/mol. The summed E-state index contributed by atoms with van der Waals surface area (Å²) >= 11 is 0. The third-order valence-corrected chi connectivity index (χ3v) is 5.51. The zero-order valence-corrected chi connectivity index (χ0v) is 18.0. The lowest BCUT2D eigenvalue weighted by Gasteiger charge is -2.33. The molecule has 0 radical (unpaired) electrons. The van der Waals surface area contributed by atoms with Gasteiger partial charge in [0.25, 0.3) is 0 Å². The molecule has 32 heavy (non-hydrogen) atoms. The zero-order valence-electron chi connectivity index (χ0n) is 18.0. The molecule has 3 aromatic rings. The number of ether oxygens (including phenoxy) is 2. The van der Waals surface area contributed by atoms with Gasteiger partial charge in [-0.2, -0.15) is 0 Å². The molecule has 1 atom stereocenters. The quantitative estimate of drug-likeness (QED) is 0.626. The molecule has 1 N–H and O–H groups in total. The summed E-state index contributed by atoms with van der Waals surface area (Å²) < 4.78 is 23.8. The predicted octanol–water partition coefficient (Wildman–Crippen LogP) is 4.16. The highest BCUT2D eigenvalue weighted by molar-refractivity contribution is 5.93. The minimum Gasteiger partial charge on any atom is -0.493 e. The Morgan fingerprint density at radius 2 is 1.88 bits per heavy atom. The van der Waals surface area contributed by atoms with Gasteiger partial charge in [0, 0.05) is 36.6 Å². The van der Waals surface area contributed by atoms with Gasteiger partial charge in [-0.05, 0) is 55.3 Å². The number of halogens is 1. The molecule has 1 aromatic heterocycles. The molecular formula is C24H25FN4O3. The van der Waals surface area contributed by atoms with E-state index in [0.717, 1.165) is 30.8 Å². The van der Waals surface area contributed by atoms with E-state index in [4.69, 9.17) is 9.47 Å². The van der Waals surface area contributed by atoms with Crippen LogP contribution >= 0.6 is 0 Å². The largest absolute Gasteiger partial charge is 0.493 e. The number of methoxy groups -OCH3 is 2. The predicted molar refractivity (Wildman–Crippen MR) is 121 cm³/mol. The smallest absolute Gasteiger partial charge is 0.229 e. The fraction of sp³-hybridized carbons (Fsp3) is 0.292. The van der Waals surface area contributed by atoms with E-state index in [2.05, 4.69) is 20.2 Å². The fourth-order valence-corrected chi connectivity index (χ4v) is 3.82. The van der Waals surface area contributed by atoms with Crippen LogP contribution < -0.4 is 19.7 Å². The second-order valence-corrected chi connectivity index (χ2v) is 7.59. The van der Waals surface area contributed by atoms with Gasteiger partial charge in [0.1, 0.15) is 11.6 Å². The molecule has 7 nitrogen and oxygen atoms in total. The molecule has 0 unspecified atom stereocenters. The van der Waals surface area contributed by atoms with Gasteiger partial charge in [-0.1, -0.05) is 0 Å². The fourth-order valence-electron chi connectivity index (χ4n) is 3.82. The number of amides is 1. The van der Waals surface area contributed by atoms with Crippen molar-refractivity contribution >= 4 is 17.4 Å². The van der Waals surface area contributed by atoms with Crippen LogP contribution in [0, 0.1) is 11.7 Å². The Morgan fingerprint density at radius 3 is 2.62 bits per heavy atom. The normalized spacial score (nSPS) is 15.8. The summed E-state index contributed by atoms with van der Waals surface area (Å²) in [5.74, 6) is 1.92. The second kappa shape index (κ2) is 9.64. The summed E-state index contributed by atoms with van der Waals surface area (Å²) in [4.78, 5) is 24.0. The Hall–Kier alpha value is -3.68. The molecule has 1 saturated heterocycles. The van der Waals surface area contributed by atoms with Crippen molar-refractivity contribution in [1.82, 2.24) is 9.97 Å². The van der Waals surface area contributed by atoms with Crippen molar-refractivity contribution in [2.24, 2.45) is 5.92 Å². The van der Waals surface area contributed by atoms with Crippen molar-refractivity contribution in [3.05, 3.63) is 60.5 Å². The van der Waals surface area contributed by atoms with Crippen LogP contribution in [0.4, 0.5) is 15.9 Å². The molecule has 166 valence electrons. The van der Waals surface area contributed by atoms with E-state index in [-0.39, 0.29) is 17.6 Å². The van der Waals surface area contributed by atoms with E-state index in [1.54, 1.807) is 50.7 Å². The van der Waals surface area contributed by atoms with Gasteiger partial charge in [0.15, 0.2) is 17.3 Å².